The van der Waals surface area contributed by atoms with E-state index in [1.54, 1.807) is 24.0 Å². The van der Waals surface area contributed by atoms with E-state index in [0.29, 0.717) is 46.8 Å². The van der Waals surface area contributed by atoms with E-state index in [1.165, 1.54) is 19.2 Å². The van der Waals surface area contributed by atoms with Gasteiger partial charge in [0, 0.05) is 49.2 Å². The number of halogens is 1. The molecule has 12 nitrogen and oxygen atoms in total. The quantitative estimate of drug-likeness (QED) is 0.288. The van der Waals surface area contributed by atoms with Crippen molar-refractivity contribution in [2.45, 2.75) is 58.5 Å². The van der Waals surface area contributed by atoms with Crippen LogP contribution in [0.15, 0.2) is 24.3 Å². The number of carbonyl (C=O) groups excluding carboxylic acids is 3. The van der Waals surface area contributed by atoms with Gasteiger partial charge in [-0.3, -0.25) is 15.0 Å². The number of likely N-dealkylation sites (tertiary alicyclic amines) is 1. The Morgan fingerprint density at radius 1 is 1.24 bits per heavy atom. The zero-order valence-corrected chi connectivity index (χ0v) is 26.0. The summed E-state index contributed by atoms with van der Waals surface area (Å²) in [6.45, 7) is 7.86. The van der Waals surface area contributed by atoms with E-state index in [-0.39, 0.29) is 60.3 Å². The fourth-order valence-corrected chi connectivity index (χ4v) is 5.73. The lowest BCUT2D eigenvalue weighted by Gasteiger charge is -2.40. The van der Waals surface area contributed by atoms with Crippen LogP contribution in [0.4, 0.5) is 10.5 Å². The summed E-state index contributed by atoms with van der Waals surface area (Å²) in [5, 5.41) is 33.5. The number of fused-ring (bicyclic) bond motifs is 1. The molecule has 2 amide bonds. The van der Waals surface area contributed by atoms with Crippen LogP contribution in [0.3, 0.4) is 0 Å². The van der Waals surface area contributed by atoms with Crippen LogP contribution >= 0.6 is 17.0 Å². The van der Waals surface area contributed by atoms with E-state index in [9.17, 15) is 29.4 Å². The Morgan fingerprint density at radius 2 is 1.93 bits per heavy atom. The molecule has 13 heteroatoms. The first-order valence-corrected chi connectivity index (χ1v) is 13.5. The Balaban J connectivity index is 0.00000484. The summed E-state index contributed by atoms with van der Waals surface area (Å²) in [6, 6.07) is 5.13. The second kappa shape index (κ2) is 12.2. The van der Waals surface area contributed by atoms with Crippen LogP contribution in [-0.2, 0) is 16.8 Å². The molecule has 2 unspecified atom stereocenters. The maximum atomic E-state index is 13.5. The number of pyridine rings is 1. The highest BCUT2D eigenvalue weighted by Crippen LogP contribution is 2.42. The Morgan fingerprint density at radius 3 is 2.50 bits per heavy atom. The molecule has 0 saturated carbocycles. The summed E-state index contributed by atoms with van der Waals surface area (Å²) in [7, 11) is 1.47. The Bertz CT molecular complexity index is 1450. The maximum Gasteiger partial charge on any atom is 0.363 e. The highest BCUT2D eigenvalue weighted by Gasteiger charge is 2.52. The first kappa shape index (κ1) is 32.7. The minimum absolute atomic E-state index is 0. The minimum atomic E-state index is -1.49. The van der Waals surface area contributed by atoms with Gasteiger partial charge < -0.3 is 30.0 Å². The lowest BCUT2D eigenvalue weighted by Crippen LogP contribution is -2.65. The van der Waals surface area contributed by atoms with Crippen molar-refractivity contribution in [2.75, 3.05) is 26.7 Å². The number of carboxylic acid groups (broad SMARTS) is 2. The largest absolute Gasteiger partial charge is 0.498 e. The van der Waals surface area contributed by atoms with Gasteiger partial charge in [-0.15, -0.1) is 17.0 Å². The molecule has 226 valence electrons. The lowest BCUT2D eigenvalue weighted by molar-refractivity contribution is -0.265. The Labute approximate surface area is 254 Å². The van der Waals surface area contributed by atoms with Crippen molar-refractivity contribution in [3.63, 3.8) is 0 Å². The van der Waals surface area contributed by atoms with Crippen molar-refractivity contribution < 1.29 is 34.1 Å². The van der Waals surface area contributed by atoms with Gasteiger partial charge in [0.25, 0.3) is 12.0 Å². The SMILES string of the molecule is Br.CCOc1cc2c(nc1C(=O)NC)C(=N)N(CC(=O)c1ccc([N+]3(C(=O)[O-])CCCC3C(=O)O)c(C(C)(C)C)c1)C2. The number of nitrogens with zero attached hydrogens (tertiary/aromatic N) is 3. The molecule has 2 aliphatic heterocycles. The van der Waals surface area contributed by atoms with E-state index in [1.807, 2.05) is 20.8 Å². The van der Waals surface area contributed by atoms with Crippen LogP contribution in [-0.4, -0.2) is 77.4 Å². The molecule has 2 atom stereocenters. The minimum Gasteiger partial charge on any atom is -0.498 e. The predicted octanol–water partition coefficient (Wildman–Crippen LogP) is 2.64. The third kappa shape index (κ3) is 5.62. The van der Waals surface area contributed by atoms with Gasteiger partial charge in [-0.25, -0.2) is 14.3 Å². The number of carbonyl (C=O) groups is 4. The number of rotatable bonds is 8. The van der Waals surface area contributed by atoms with E-state index < -0.39 is 33.9 Å². The number of Topliss-reactive ketones (excluding diaryl/α,β-unsaturated/α-hetero) is 1. The van der Waals surface area contributed by atoms with Gasteiger partial charge >= 0.3 is 5.97 Å². The van der Waals surface area contributed by atoms with E-state index in [4.69, 9.17) is 10.1 Å². The number of nitrogens with one attached hydrogen (secondary N) is 2. The third-order valence-electron chi connectivity index (χ3n) is 7.73. The number of aromatic nitrogens is 1. The zero-order chi connectivity index (χ0) is 30.3. The van der Waals surface area contributed by atoms with Crippen molar-refractivity contribution in [1.82, 2.24) is 19.7 Å². The molecule has 0 spiro atoms. The van der Waals surface area contributed by atoms with Crippen molar-refractivity contribution in [2.24, 2.45) is 0 Å². The predicted molar refractivity (Wildman–Crippen MR) is 159 cm³/mol. The molecular formula is C29H36BrN5O7. The molecule has 0 radical (unpaired) electrons. The number of amides is 2. The van der Waals surface area contributed by atoms with Crippen molar-refractivity contribution in [1.29, 1.82) is 5.41 Å². The van der Waals surface area contributed by atoms with Gasteiger partial charge in [0.2, 0.25) is 0 Å². The van der Waals surface area contributed by atoms with E-state index >= 15 is 0 Å². The first-order chi connectivity index (χ1) is 19.3. The molecule has 2 aromatic rings. The van der Waals surface area contributed by atoms with Crippen molar-refractivity contribution >= 4 is 52.3 Å². The van der Waals surface area contributed by atoms with Crippen LogP contribution in [0.2, 0.25) is 0 Å². The van der Waals surface area contributed by atoms with E-state index in [0.717, 1.165) is 0 Å². The number of ketones is 1. The fraction of sp³-hybridized carbons (Fsp3) is 0.448. The molecule has 1 aromatic heterocycles. The molecule has 1 fully saturated rings. The molecule has 2 aliphatic rings. The number of hydrogen-bond donors (Lipinski definition) is 3. The number of hydrogen-bond acceptors (Lipinski definition) is 8. The summed E-state index contributed by atoms with van der Waals surface area (Å²) in [4.78, 5) is 56.4. The van der Waals surface area contributed by atoms with Crippen molar-refractivity contribution in [3.05, 3.63) is 52.3 Å². The van der Waals surface area contributed by atoms with E-state index in [2.05, 4.69) is 10.3 Å². The summed E-state index contributed by atoms with van der Waals surface area (Å²) >= 11 is 0. The van der Waals surface area contributed by atoms with Crippen LogP contribution in [0.1, 0.15) is 78.2 Å². The second-order valence-electron chi connectivity index (χ2n) is 11.3. The smallest absolute Gasteiger partial charge is 0.363 e. The number of aliphatic carboxylic acids is 1. The molecule has 42 heavy (non-hydrogen) atoms. The average molecular weight is 647 g/mol. The average Bonchev–Trinajstić information content (AvgIpc) is 3.49. The number of benzene rings is 1. The molecule has 1 saturated heterocycles. The number of quaternary nitrogens is 1. The van der Waals surface area contributed by atoms with Crippen LogP contribution < -0.4 is 19.6 Å². The fourth-order valence-electron chi connectivity index (χ4n) is 5.73. The highest BCUT2D eigenvalue weighted by atomic mass is 79.9. The standard InChI is InChI=1S/C29H35N5O7.BrH/c1-6-41-22-13-17-14-33(25(30)23(17)32-24(22)26(36)31-5)15-21(35)16-9-10-19(18(12-16)29(2,3)4)34(28(39)40)11-7-8-20(34)27(37)38;/h9-10,12-13,20,30H,6-8,11,14-15H2,1-5H3,(H2-,31,36,37,38,39,40);1H. The molecule has 3 N–H and O–H groups in total. The summed E-state index contributed by atoms with van der Waals surface area (Å²) < 4.78 is 4.76. The zero-order valence-electron chi connectivity index (χ0n) is 24.3. The molecule has 3 heterocycles. The molecule has 1 aromatic carbocycles. The monoisotopic (exact) mass is 645 g/mol. The third-order valence-corrected chi connectivity index (χ3v) is 7.73. The normalized spacial score (nSPS) is 19.6. The van der Waals surface area contributed by atoms with Crippen LogP contribution in [0.25, 0.3) is 0 Å². The van der Waals surface area contributed by atoms with Gasteiger partial charge in [-0.2, -0.15) is 0 Å². The highest BCUT2D eigenvalue weighted by molar-refractivity contribution is 8.93. The summed E-state index contributed by atoms with van der Waals surface area (Å²) in [5.41, 5.74) is 1.53. The van der Waals surface area contributed by atoms with Crippen molar-refractivity contribution in [3.8, 4) is 5.75 Å². The van der Waals surface area contributed by atoms with Gasteiger partial charge in [-0.1, -0.05) is 20.8 Å². The number of amidine groups is 1. The summed E-state index contributed by atoms with van der Waals surface area (Å²) in [5.74, 6) is -1.68. The topological polar surface area (TPSA) is 173 Å². The number of ether oxygens (including phenoxy) is 1. The van der Waals surface area contributed by atoms with Gasteiger partial charge in [-0.05, 0) is 30.5 Å². The van der Waals surface area contributed by atoms with Gasteiger partial charge in [0.15, 0.2) is 23.3 Å². The maximum absolute atomic E-state index is 13.5. The van der Waals surface area contributed by atoms with Crippen LogP contribution in [0, 0.1) is 5.41 Å². The van der Waals surface area contributed by atoms with Gasteiger partial charge in [0.1, 0.15) is 17.2 Å². The molecule has 0 bridgehead atoms. The lowest BCUT2D eigenvalue weighted by atomic mass is 9.83. The Kier molecular flexibility index (Phi) is 9.47. The molecular weight excluding hydrogens is 610 g/mol. The molecule has 0 aliphatic carbocycles. The Hall–Kier alpha value is -3.84. The molecule has 4 rings (SSSR count). The van der Waals surface area contributed by atoms with Gasteiger partial charge in [0.05, 0.1) is 19.7 Å². The first-order valence-electron chi connectivity index (χ1n) is 13.5. The second-order valence-corrected chi connectivity index (χ2v) is 11.3. The van der Waals surface area contributed by atoms with Crippen LogP contribution in [0.5, 0.6) is 5.75 Å². The number of carboxylic acids is 1. The summed E-state index contributed by atoms with van der Waals surface area (Å²) in [6.07, 6.45) is -0.878.